The topological polar surface area (TPSA) is 126 Å². The summed E-state index contributed by atoms with van der Waals surface area (Å²) >= 11 is 0. The highest BCUT2D eigenvalue weighted by Gasteiger charge is 2.18. The number of esters is 1. The maximum absolute atomic E-state index is 12.1. The first-order chi connectivity index (χ1) is 14.0. The van der Waals surface area contributed by atoms with Crippen LogP contribution in [0.5, 0.6) is 0 Å². The number of carbonyl (C=O) groups excluding carboxylic acids is 2. The van der Waals surface area contributed by atoms with Crippen molar-refractivity contribution in [1.29, 1.82) is 0 Å². The van der Waals surface area contributed by atoms with Gasteiger partial charge in [-0.15, -0.1) is 0 Å². The molecule has 9 heteroatoms. The molecule has 0 atom stereocenters. The van der Waals surface area contributed by atoms with Gasteiger partial charge in [0.15, 0.2) is 6.61 Å². The lowest BCUT2D eigenvalue weighted by molar-refractivity contribution is -0.384. The number of nitro benzene ring substituents is 1. The van der Waals surface area contributed by atoms with Crippen molar-refractivity contribution in [2.45, 2.75) is 6.42 Å². The summed E-state index contributed by atoms with van der Waals surface area (Å²) in [5, 5.41) is 17.5. The van der Waals surface area contributed by atoms with Crippen LogP contribution >= 0.6 is 0 Å². The fourth-order valence-electron chi connectivity index (χ4n) is 2.96. The number of H-pyrrole nitrogens is 1. The quantitative estimate of drug-likeness (QED) is 0.305. The Hall–Kier alpha value is -3.88. The predicted molar refractivity (Wildman–Crippen MR) is 108 cm³/mol. The number of aromatic nitrogens is 1. The van der Waals surface area contributed by atoms with Crippen LogP contribution in [-0.2, 0) is 16.0 Å². The molecule has 0 aliphatic carbocycles. The van der Waals surface area contributed by atoms with E-state index in [2.05, 4.69) is 15.6 Å². The molecule has 29 heavy (non-hydrogen) atoms. The van der Waals surface area contributed by atoms with Gasteiger partial charge < -0.3 is 20.4 Å². The summed E-state index contributed by atoms with van der Waals surface area (Å²) in [7, 11) is 1.54. The van der Waals surface area contributed by atoms with E-state index in [1.165, 1.54) is 12.1 Å². The summed E-state index contributed by atoms with van der Waals surface area (Å²) in [6, 6.07) is 11.8. The first kappa shape index (κ1) is 19.9. The van der Waals surface area contributed by atoms with Crippen molar-refractivity contribution in [2.24, 2.45) is 0 Å². The molecule has 1 aromatic heterocycles. The van der Waals surface area contributed by atoms with Gasteiger partial charge in [0, 0.05) is 36.8 Å². The number of anilines is 1. The van der Waals surface area contributed by atoms with E-state index in [1.807, 2.05) is 30.5 Å². The van der Waals surface area contributed by atoms with Crippen molar-refractivity contribution >= 4 is 34.2 Å². The molecule has 0 saturated heterocycles. The monoisotopic (exact) mass is 396 g/mol. The van der Waals surface area contributed by atoms with Gasteiger partial charge in [-0.25, -0.2) is 4.79 Å². The smallest absolute Gasteiger partial charge is 0.338 e. The second-order valence-electron chi connectivity index (χ2n) is 6.27. The third kappa shape index (κ3) is 4.70. The van der Waals surface area contributed by atoms with Crippen molar-refractivity contribution < 1.29 is 19.2 Å². The first-order valence-corrected chi connectivity index (χ1v) is 8.94. The lowest BCUT2D eigenvalue weighted by atomic mass is 10.1. The third-order valence-electron chi connectivity index (χ3n) is 4.43. The Balaban J connectivity index is 1.49. The summed E-state index contributed by atoms with van der Waals surface area (Å²) in [4.78, 5) is 37.7. The van der Waals surface area contributed by atoms with E-state index in [1.54, 1.807) is 7.05 Å². The summed E-state index contributed by atoms with van der Waals surface area (Å²) in [5.74, 6) is -1.25. The van der Waals surface area contributed by atoms with E-state index in [0.717, 1.165) is 22.5 Å². The van der Waals surface area contributed by atoms with Gasteiger partial charge in [-0.2, -0.15) is 0 Å². The SMILES string of the molecule is CNc1ccc(C(=O)OCC(=O)NCCc2c[nH]c3ccccc23)cc1[N+](=O)[O-]. The molecule has 1 amide bonds. The number of nitro groups is 1. The molecule has 3 rings (SSSR count). The minimum Gasteiger partial charge on any atom is -0.452 e. The molecule has 2 aromatic carbocycles. The highest BCUT2D eigenvalue weighted by Crippen LogP contribution is 2.25. The maximum atomic E-state index is 12.1. The van der Waals surface area contributed by atoms with Crippen LogP contribution in [0.2, 0.25) is 0 Å². The van der Waals surface area contributed by atoms with Crippen molar-refractivity contribution in [1.82, 2.24) is 10.3 Å². The van der Waals surface area contributed by atoms with E-state index >= 15 is 0 Å². The lowest BCUT2D eigenvalue weighted by Gasteiger charge is -2.07. The number of amides is 1. The fourth-order valence-corrected chi connectivity index (χ4v) is 2.96. The van der Waals surface area contributed by atoms with Crippen LogP contribution in [0.15, 0.2) is 48.7 Å². The number of aromatic amines is 1. The van der Waals surface area contributed by atoms with Crippen LogP contribution in [0.1, 0.15) is 15.9 Å². The number of rotatable bonds is 8. The number of hydrogen-bond acceptors (Lipinski definition) is 6. The standard InChI is InChI=1S/C20H20N4O5/c1-21-17-7-6-13(10-18(17)24(27)28)20(26)29-12-19(25)22-9-8-14-11-23-16-5-3-2-4-15(14)16/h2-7,10-11,21,23H,8-9,12H2,1H3,(H,22,25). The summed E-state index contributed by atoms with van der Waals surface area (Å²) < 4.78 is 4.96. The summed E-state index contributed by atoms with van der Waals surface area (Å²) in [6.45, 7) is -0.0745. The number of para-hydroxylation sites is 1. The largest absolute Gasteiger partial charge is 0.452 e. The fraction of sp³-hybridized carbons (Fsp3) is 0.200. The van der Waals surface area contributed by atoms with Crippen LogP contribution in [0.3, 0.4) is 0 Å². The average molecular weight is 396 g/mol. The Kier molecular flexibility index (Phi) is 6.08. The van der Waals surface area contributed by atoms with Gasteiger partial charge in [0.1, 0.15) is 5.69 Å². The average Bonchev–Trinajstić information content (AvgIpc) is 3.14. The van der Waals surface area contributed by atoms with Gasteiger partial charge >= 0.3 is 5.97 Å². The Morgan fingerprint density at radius 2 is 2.00 bits per heavy atom. The Morgan fingerprint density at radius 1 is 1.21 bits per heavy atom. The molecule has 0 aliphatic heterocycles. The minimum atomic E-state index is -0.803. The summed E-state index contributed by atoms with van der Waals surface area (Å²) in [6.07, 6.45) is 2.53. The highest BCUT2D eigenvalue weighted by atomic mass is 16.6. The van der Waals surface area contributed by atoms with Crippen molar-refractivity contribution in [3.8, 4) is 0 Å². The van der Waals surface area contributed by atoms with E-state index in [0.29, 0.717) is 13.0 Å². The van der Waals surface area contributed by atoms with Gasteiger partial charge in [0.2, 0.25) is 0 Å². The van der Waals surface area contributed by atoms with Crippen LogP contribution in [-0.4, -0.2) is 42.0 Å². The van der Waals surface area contributed by atoms with Crippen molar-refractivity contribution in [2.75, 3.05) is 25.5 Å². The first-order valence-electron chi connectivity index (χ1n) is 8.94. The Bertz CT molecular complexity index is 1060. The van der Waals surface area contributed by atoms with Crippen LogP contribution < -0.4 is 10.6 Å². The van der Waals surface area contributed by atoms with Crippen LogP contribution in [0, 0.1) is 10.1 Å². The minimum absolute atomic E-state index is 0.00212. The third-order valence-corrected chi connectivity index (χ3v) is 4.43. The number of ether oxygens (including phenoxy) is 1. The summed E-state index contributed by atoms with van der Waals surface area (Å²) in [5.41, 5.74) is 2.14. The number of nitrogens with zero attached hydrogens (tertiary/aromatic N) is 1. The molecule has 0 bridgehead atoms. The highest BCUT2D eigenvalue weighted by molar-refractivity contribution is 5.93. The van der Waals surface area contributed by atoms with Crippen molar-refractivity contribution in [3.05, 3.63) is 69.9 Å². The van der Waals surface area contributed by atoms with E-state index in [-0.39, 0.29) is 16.9 Å². The van der Waals surface area contributed by atoms with E-state index in [4.69, 9.17) is 4.74 Å². The molecular weight excluding hydrogens is 376 g/mol. The zero-order valence-corrected chi connectivity index (χ0v) is 15.7. The second-order valence-corrected chi connectivity index (χ2v) is 6.27. The number of carbonyl (C=O) groups is 2. The molecule has 3 N–H and O–H groups in total. The van der Waals surface area contributed by atoms with E-state index in [9.17, 15) is 19.7 Å². The molecule has 9 nitrogen and oxygen atoms in total. The molecule has 0 spiro atoms. The number of benzene rings is 2. The maximum Gasteiger partial charge on any atom is 0.338 e. The molecule has 0 aliphatic rings. The molecule has 1 heterocycles. The Labute approximate surface area is 166 Å². The molecule has 0 radical (unpaired) electrons. The number of hydrogen-bond donors (Lipinski definition) is 3. The van der Waals surface area contributed by atoms with Gasteiger partial charge in [-0.05, 0) is 30.2 Å². The van der Waals surface area contributed by atoms with Gasteiger partial charge in [0.05, 0.1) is 10.5 Å². The van der Waals surface area contributed by atoms with Gasteiger partial charge in [-0.3, -0.25) is 14.9 Å². The molecule has 0 fully saturated rings. The molecular formula is C20H20N4O5. The van der Waals surface area contributed by atoms with E-state index < -0.39 is 23.4 Å². The van der Waals surface area contributed by atoms with Crippen LogP contribution in [0.4, 0.5) is 11.4 Å². The predicted octanol–water partition coefficient (Wildman–Crippen LogP) is 2.63. The lowest BCUT2D eigenvalue weighted by Crippen LogP contribution is -2.30. The van der Waals surface area contributed by atoms with Crippen LogP contribution in [0.25, 0.3) is 10.9 Å². The molecule has 0 saturated carbocycles. The normalized spacial score (nSPS) is 10.5. The number of fused-ring (bicyclic) bond motifs is 1. The Morgan fingerprint density at radius 3 is 2.76 bits per heavy atom. The van der Waals surface area contributed by atoms with Gasteiger partial charge in [0.25, 0.3) is 11.6 Å². The molecule has 3 aromatic rings. The van der Waals surface area contributed by atoms with Crippen molar-refractivity contribution in [3.63, 3.8) is 0 Å². The number of nitrogens with one attached hydrogen (secondary N) is 3. The second kappa shape index (κ2) is 8.87. The molecule has 0 unspecified atom stereocenters. The zero-order valence-electron chi connectivity index (χ0n) is 15.7. The molecule has 150 valence electrons. The zero-order chi connectivity index (χ0) is 20.8. The van der Waals surface area contributed by atoms with Gasteiger partial charge in [-0.1, -0.05) is 18.2 Å².